The molecule has 3 aromatic rings. The van der Waals surface area contributed by atoms with Gasteiger partial charge in [0.25, 0.3) is 5.91 Å². The highest BCUT2D eigenvalue weighted by Crippen LogP contribution is 2.41. The molecular formula is C35H34Cl2FN3O6. The van der Waals surface area contributed by atoms with Crippen LogP contribution in [0.3, 0.4) is 0 Å². The molecule has 3 heterocycles. The Labute approximate surface area is 282 Å². The van der Waals surface area contributed by atoms with Gasteiger partial charge in [-0.2, -0.15) is 0 Å². The smallest absolute Gasteiger partial charge is 0.252 e. The van der Waals surface area contributed by atoms with Crippen LogP contribution in [0.4, 0.5) is 4.39 Å². The molecule has 3 aromatic carbocycles. The second kappa shape index (κ2) is 13.3. The number of rotatable bonds is 10. The van der Waals surface area contributed by atoms with Crippen LogP contribution in [0.2, 0.25) is 10.0 Å². The summed E-state index contributed by atoms with van der Waals surface area (Å²) < 4.78 is 36.0. The van der Waals surface area contributed by atoms with E-state index in [0.717, 1.165) is 29.5 Å². The van der Waals surface area contributed by atoms with Gasteiger partial charge in [0.05, 0.1) is 11.1 Å². The van der Waals surface area contributed by atoms with Gasteiger partial charge < -0.3 is 34.1 Å². The van der Waals surface area contributed by atoms with Gasteiger partial charge in [0.2, 0.25) is 12.7 Å². The summed E-state index contributed by atoms with van der Waals surface area (Å²) in [5.41, 5.74) is 3.35. The highest BCUT2D eigenvalue weighted by Gasteiger charge is 2.43. The highest BCUT2D eigenvalue weighted by molar-refractivity contribution is 6.32. The SMILES string of the molecule is CC(=O)N1CC2CC(c3ccc(OCCOc4cc(F)ccc4Cl)cc3)=C(C(=O)N(Cc3cc4c(cc3Cl)OCO4)C3CC3)C(C1)N2. The molecule has 7 rings (SSSR count). The molecule has 1 saturated heterocycles. The molecule has 1 aliphatic carbocycles. The topological polar surface area (TPSA) is 89.6 Å². The van der Waals surface area contributed by atoms with E-state index in [1.807, 2.05) is 40.1 Å². The molecule has 0 spiro atoms. The van der Waals surface area contributed by atoms with E-state index in [0.29, 0.717) is 58.9 Å². The Kier molecular flexibility index (Phi) is 8.91. The van der Waals surface area contributed by atoms with Crippen LogP contribution in [0.1, 0.15) is 37.3 Å². The van der Waals surface area contributed by atoms with Crippen LogP contribution in [0, 0.1) is 5.82 Å². The molecule has 1 saturated carbocycles. The second-order valence-corrected chi connectivity index (χ2v) is 13.0. The van der Waals surface area contributed by atoms with Gasteiger partial charge in [-0.3, -0.25) is 9.59 Å². The lowest BCUT2D eigenvalue weighted by molar-refractivity contribution is -0.132. The van der Waals surface area contributed by atoms with Gasteiger partial charge in [0, 0.05) is 61.4 Å². The van der Waals surface area contributed by atoms with Gasteiger partial charge in [-0.25, -0.2) is 4.39 Å². The van der Waals surface area contributed by atoms with Crippen LogP contribution in [0.15, 0.2) is 60.2 Å². The molecule has 2 atom stereocenters. The predicted octanol–water partition coefficient (Wildman–Crippen LogP) is 5.86. The molecule has 2 bridgehead atoms. The summed E-state index contributed by atoms with van der Waals surface area (Å²) in [6.45, 7) is 3.44. The first-order chi connectivity index (χ1) is 22.7. The highest BCUT2D eigenvalue weighted by atomic mass is 35.5. The molecule has 4 aliphatic rings. The van der Waals surface area contributed by atoms with E-state index in [9.17, 15) is 14.0 Å². The number of benzene rings is 3. The molecule has 1 N–H and O–H groups in total. The summed E-state index contributed by atoms with van der Waals surface area (Å²) in [6.07, 6.45) is 2.42. The number of nitrogens with one attached hydrogen (secondary N) is 1. The van der Waals surface area contributed by atoms with Crippen molar-refractivity contribution in [3.05, 3.63) is 87.2 Å². The zero-order chi connectivity index (χ0) is 32.7. The Balaban J connectivity index is 1.13. The summed E-state index contributed by atoms with van der Waals surface area (Å²) >= 11 is 12.7. The first-order valence-electron chi connectivity index (χ1n) is 15.7. The van der Waals surface area contributed by atoms with Crippen molar-refractivity contribution in [3.63, 3.8) is 0 Å². The lowest BCUT2D eigenvalue weighted by atomic mass is 9.82. The lowest BCUT2D eigenvalue weighted by Gasteiger charge is -2.44. The van der Waals surface area contributed by atoms with E-state index in [4.69, 9.17) is 42.1 Å². The summed E-state index contributed by atoms with van der Waals surface area (Å²) in [5.74, 6) is 1.60. The molecule has 9 nitrogen and oxygen atoms in total. The number of carbonyl (C=O) groups is 2. The third-order valence-corrected chi connectivity index (χ3v) is 9.58. The minimum Gasteiger partial charge on any atom is -0.490 e. The number of amides is 2. The van der Waals surface area contributed by atoms with Crippen molar-refractivity contribution in [2.75, 3.05) is 33.1 Å². The van der Waals surface area contributed by atoms with Crippen LogP contribution in [-0.2, 0) is 16.1 Å². The molecule has 2 amide bonds. The number of halogens is 3. The van der Waals surface area contributed by atoms with Crippen LogP contribution < -0.4 is 24.3 Å². The number of ether oxygens (including phenoxy) is 4. The zero-order valence-corrected chi connectivity index (χ0v) is 27.3. The maximum Gasteiger partial charge on any atom is 0.252 e. The average molecular weight is 683 g/mol. The Hall–Kier alpha value is -3.99. The normalized spacial score (nSPS) is 19.9. The van der Waals surface area contributed by atoms with Crippen molar-refractivity contribution in [1.29, 1.82) is 0 Å². The van der Waals surface area contributed by atoms with Crippen molar-refractivity contribution >= 4 is 40.6 Å². The number of carbonyl (C=O) groups excluding carboxylic acids is 2. The molecule has 2 unspecified atom stereocenters. The van der Waals surface area contributed by atoms with Gasteiger partial charge in [-0.1, -0.05) is 35.3 Å². The Morgan fingerprint density at radius 2 is 1.72 bits per heavy atom. The van der Waals surface area contributed by atoms with Gasteiger partial charge in [-0.15, -0.1) is 0 Å². The van der Waals surface area contributed by atoms with Crippen LogP contribution in [0.5, 0.6) is 23.0 Å². The number of hydrogen-bond donors (Lipinski definition) is 1. The van der Waals surface area contributed by atoms with Crippen LogP contribution >= 0.6 is 23.2 Å². The Morgan fingerprint density at radius 3 is 2.47 bits per heavy atom. The van der Waals surface area contributed by atoms with E-state index in [1.165, 1.54) is 18.2 Å². The molecule has 246 valence electrons. The fraction of sp³-hybridized carbons (Fsp3) is 0.371. The van der Waals surface area contributed by atoms with E-state index in [1.54, 1.807) is 13.0 Å². The van der Waals surface area contributed by atoms with Crippen molar-refractivity contribution in [3.8, 4) is 23.0 Å². The third kappa shape index (κ3) is 6.86. The van der Waals surface area contributed by atoms with Crippen molar-refractivity contribution in [1.82, 2.24) is 15.1 Å². The zero-order valence-electron chi connectivity index (χ0n) is 25.8. The first kappa shape index (κ1) is 31.6. The third-order valence-electron chi connectivity index (χ3n) is 8.92. The van der Waals surface area contributed by atoms with Gasteiger partial charge in [0.15, 0.2) is 11.5 Å². The number of hydrogen-bond acceptors (Lipinski definition) is 7. The second-order valence-electron chi connectivity index (χ2n) is 12.2. The number of piperazine rings is 1. The minimum atomic E-state index is -0.430. The van der Waals surface area contributed by atoms with Crippen LogP contribution in [-0.4, -0.2) is 72.8 Å². The van der Waals surface area contributed by atoms with E-state index in [-0.39, 0.29) is 55.7 Å². The van der Waals surface area contributed by atoms with E-state index < -0.39 is 5.82 Å². The van der Waals surface area contributed by atoms with E-state index >= 15 is 0 Å². The van der Waals surface area contributed by atoms with Crippen molar-refractivity contribution < 1.29 is 32.9 Å². The van der Waals surface area contributed by atoms with Gasteiger partial charge in [-0.05, 0) is 66.3 Å². The largest absolute Gasteiger partial charge is 0.490 e. The van der Waals surface area contributed by atoms with Crippen molar-refractivity contribution in [2.45, 2.75) is 50.9 Å². The average Bonchev–Trinajstić information content (AvgIpc) is 3.80. The fourth-order valence-electron chi connectivity index (χ4n) is 6.45. The summed E-state index contributed by atoms with van der Waals surface area (Å²) in [7, 11) is 0. The quantitative estimate of drug-likeness (QED) is 0.268. The molecule has 12 heteroatoms. The summed E-state index contributed by atoms with van der Waals surface area (Å²) in [5, 5.41) is 4.47. The Morgan fingerprint density at radius 1 is 0.979 bits per heavy atom. The minimum absolute atomic E-state index is 0.00640. The van der Waals surface area contributed by atoms with E-state index in [2.05, 4.69) is 5.32 Å². The predicted molar refractivity (Wildman–Crippen MR) is 174 cm³/mol. The maximum atomic E-state index is 14.6. The van der Waals surface area contributed by atoms with Gasteiger partial charge >= 0.3 is 0 Å². The molecule has 3 aliphatic heterocycles. The number of nitrogens with zero attached hydrogens (tertiary/aromatic N) is 2. The molecule has 2 fully saturated rings. The van der Waals surface area contributed by atoms with Crippen molar-refractivity contribution in [2.24, 2.45) is 0 Å². The Bertz CT molecular complexity index is 1730. The lowest BCUT2D eigenvalue weighted by Crippen LogP contribution is -2.61. The van der Waals surface area contributed by atoms with Crippen LogP contribution in [0.25, 0.3) is 5.57 Å². The molecule has 47 heavy (non-hydrogen) atoms. The molecule has 0 aromatic heterocycles. The summed E-state index contributed by atoms with van der Waals surface area (Å²) in [6, 6.07) is 15.0. The molecule has 0 radical (unpaired) electrons. The molecular weight excluding hydrogens is 648 g/mol. The standard InChI is InChI=1S/C35H34Cl2FN3O6/c1-20(42)40-17-24-14-27(21-2-7-26(8-3-21)44-10-11-45-31-13-23(38)4-9-28(31)36)34(30(18-40)39-24)35(43)41(25-5-6-25)16-22-12-32-33(15-29(22)37)47-19-46-32/h2-4,7-9,12-13,15,24-25,30,39H,5-6,10-11,14,16-19H2,1H3. The maximum absolute atomic E-state index is 14.6. The monoisotopic (exact) mass is 681 g/mol. The van der Waals surface area contributed by atoms with Gasteiger partial charge in [0.1, 0.15) is 30.5 Å². The first-order valence-corrected chi connectivity index (χ1v) is 16.4. The fourth-order valence-corrected chi connectivity index (χ4v) is 6.83. The number of fused-ring (bicyclic) bond motifs is 3. The summed E-state index contributed by atoms with van der Waals surface area (Å²) in [4.78, 5) is 30.8.